The van der Waals surface area contributed by atoms with Crippen LogP contribution in [-0.4, -0.2) is 67.6 Å². The van der Waals surface area contributed by atoms with Gasteiger partial charge in [0.2, 0.25) is 5.91 Å². The Morgan fingerprint density at radius 2 is 2.19 bits per heavy atom. The second kappa shape index (κ2) is 9.55. The fraction of sp³-hybridized carbons (Fsp3) is 0.474. The first-order valence-electron chi connectivity index (χ1n) is 9.90. The Balaban J connectivity index is 1.75. The predicted molar refractivity (Wildman–Crippen MR) is 118 cm³/mol. The van der Waals surface area contributed by atoms with E-state index in [9.17, 15) is 26.6 Å². The molecule has 2 aliphatic heterocycles. The van der Waals surface area contributed by atoms with E-state index in [0.29, 0.717) is 11.3 Å². The number of benzene rings is 1. The molecule has 2 atom stereocenters. The van der Waals surface area contributed by atoms with Crippen LogP contribution in [0.25, 0.3) is 5.57 Å². The molecule has 176 valence electrons. The Labute approximate surface area is 186 Å². The second-order valence-corrected chi connectivity index (χ2v) is 11.9. The van der Waals surface area contributed by atoms with Crippen LogP contribution in [0.15, 0.2) is 28.0 Å². The van der Waals surface area contributed by atoms with Crippen molar-refractivity contribution in [2.45, 2.75) is 19.4 Å². The largest absolute Gasteiger partial charge is 0.442 e. The normalized spacial score (nSPS) is 23.5. The highest BCUT2D eigenvalue weighted by Crippen LogP contribution is 2.30. The summed E-state index contributed by atoms with van der Waals surface area (Å²) in [6.45, 7) is 1.57. The minimum atomic E-state index is -3.87. The van der Waals surface area contributed by atoms with Crippen molar-refractivity contribution in [3.05, 3.63) is 35.7 Å². The molecule has 2 heterocycles. The van der Waals surface area contributed by atoms with Gasteiger partial charge in [0.1, 0.15) is 11.9 Å². The molecule has 1 aromatic carbocycles. The Morgan fingerprint density at radius 3 is 2.78 bits per heavy atom. The molecule has 0 spiro atoms. The Hall–Kier alpha value is -2.51. The lowest BCUT2D eigenvalue weighted by atomic mass is 10.0. The van der Waals surface area contributed by atoms with Crippen molar-refractivity contribution in [2.24, 2.45) is 9.50 Å². The number of allylic oxidation sites excluding steroid dienone is 1. The number of halogens is 1. The monoisotopic (exact) mass is 488 g/mol. The van der Waals surface area contributed by atoms with Gasteiger partial charge in [0.25, 0.3) is 10.0 Å². The van der Waals surface area contributed by atoms with Crippen molar-refractivity contribution in [1.29, 1.82) is 0 Å². The highest BCUT2D eigenvalue weighted by atomic mass is 32.3. The van der Waals surface area contributed by atoms with Crippen LogP contribution < -0.4 is 16.0 Å². The van der Waals surface area contributed by atoms with E-state index in [-0.39, 0.29) is 54.8 Å². The molecule has 2 amide bonds. The van der Waals surface area contributed by atoms with Crippen LogP contribution in [0.3, 0.4) is 0 Å². The van der Waals surface area contributed by atoms with Crippen LogP contribution in [0.5, 0.6) is 0 Å². The average Bonchev–Trinajstić information content (AvgIpc) is 3.07. The van der Waals surface area contributed by atoms with Gasteiger partial charge in [0, 0.05) is 24.8 Å². The van der Waals surface area contributed by atoms with E-state index in [1.54, 1.807) is 12.1 Å². The summed E-state index contributed by atoms with van der Waals surface area (Å²) in [6, 6.07) is 4.30. The molecule has 32 heavy (non-hydrogen) atoms. The maximum absolute atomic E-state index is 14.8. The van der Waals surface area contributed by atoms with Gasteiger partial charge in [-0.3, -0.25) is 9.69 Å². The summed E-state index contributed by atoms with van der Waals surface area (Å²) in [7, 11) is -6.85. The van der Waals surface area contributed by atoms with Crippen LogP contribution in [-0.2, 0) is 29.3 Å². The van der Waals surface area contributed by atoms with Crippen molar-refractivity contribution >= 4 is 43.0 Å². The van der Waals surface area contributed by atoms with Crippen LogP contribution in [0.1, 0.15) is 18.9 Å². The van der Waals surface area contributed by atoms with Gasteiger partial charge in [-0.15, -0.1) is 3.77 Å². The number of nitrogens with zero attached hydrogens (tertiary/aromatic N) is 2. The third kappa shape index (κ3) is 5.84. The standard InChI is InChI=1S/C19H25FN4O6S2/c1-13(25)22-11-16-12-24(19(26)30-16)15-2-3-17(18(20)10-15)14-4-7-31(27,8-5-14)23-32(28,29)9-6-21/h2-4,10,16H,5-9,11-12,21H2,1H3,(H,22,25)/t16-,31?/m1/s1. The highest BCUT2D eigenvalue weighted by molar-refractivity contribution is 8.03. The zero-order valence-electron chi connectivity index (χ0n) is 17.5. The van der Waals surface area contributed by atoms with Gasteiger partial charge in [0.05, 0.1) is 40.0 Å². The average molecular weight is 489 g/mol. The number of carbonyl (C=O) groups excluding carboxylic acids is 2. The molecule has 13 heteroatoms. The van der Waals surface area contributed by atoms with Gasteiger partial charge in [-0.05, 0) is 30.2 Å². The molecule has 0 bridgehead atoms. The van der Waals surface area contributed by atoms with Gasteiger partial charge in [-0.25, -0.2) is 21.8 Å². The van der Waals surface area contributed by atoms with Gasteiger partial charge in [-0.2, -0.15) is 0 Å². The Morgan fingerprint density at radius 1 is 1.44 bits per heavy atom. The number of cyclic esters (lactones) is 1. The number of ether oxygens (including phenoxy) is 1. The molecule has 0 radical (unpaired) electrons. The lowest BCUT2D eigenvalue weighted by Crippen LogP contribution is -2.33. The van der Waals surface area contributed by atoms with E-state index in [1.807, 2.05) is 0 Å². The SMILES string of the molecule is CC(=O)NC[C@@H]1CN(c2ccc(C3=CCS(=O)(=NS(=O)(=O)CCN)CC3)c(F)c2)C(=O)O1. The summed E-state index contributed by atoms with van der Waals surface area (Å²) < 4.78 is 60.0. The van der Waals surface area contributed by atoms with Gasteiger partial charge in [-0.1, -0.05) is 6.08 Å². The number of hydrogen-bond donors (Lipinski definition) is 2. The summed E-state index contributed by atoms with van der Waals surface area (Å²) >= 11 is 0. The van der Waals surface area contributed by atoms with Crippen LogP contribution >= 0.6 is 0 Å². The van der Waals surface area contributed by atoms with Crippen LogP contribution in [0.4, 0.5) is 14.9 Å². The molecule has 0 aromatic heterocycles. The van der Waals surface area contributed by atoms with Crippen LogP contribution in [0.2, 0.25) is 0 Å². The summed E-state index contributed by atoms with van der Waals surface area (Å²) in [6.07, 6.45) is 0.562. The molecule has 3 rings (SSSR count). The first kappa shape index (κ1) is 24.1. The molecule has 1 aromatic rings. The molecule has 3 N–H and O–H groups in total. The van der Waals surface area contributed by atoms with E-state index in [1.165, 1.54) is 24.0 Å². The summed E-state index contributed by atoms with van der Waals surface area (Å²) in [5.41, 5.74) is 6.42. The molecular weight excluding hydrogens is 463 g/mol. The number of rotatable bonds is 7. The smallest absolute Gasteiger partial charge is 0.414 e. The summed E-state index contributed by atoms with van der Waals surface area (Å²) in [5, 5.41) is 2.57. The van der Waals surface area contributed by atoms with Gasteiger partial charge < -0.3 is 15.8 Å². The molecule has 2 aliphatic rings. The van der Waals surface area contributed by atoms with Crippen molar-refractivity contribution < 1.29 is 31.3 Å². The quantitative estimate of drug-likeness (QED) is 0.577. The third-order valence-electron chi connectivity index (χ3n) is 4.97. The minimum Gasteiger partial charge on any atom is -0.442 e. The number of hydrogen-bond acceptors (Lipinski definition) is 7. The number of nitrogens with one attached hydrogen (secondary N) is 1. The highest BCUT2D eigenvalue weighted by Gasteiger charge is 2.33. The fourth-order valence-electron chi connectivity index (χ4n) is 3.42. The molecule has 10 nitrogen and oxygen atoms in total. The maximum atomic E-state index is 14.8. The number of amides is 2. The first-order valence-corrected chi connectivity index (χ1v) is 13.4. The van der Waals surface area contributed by atoms with E-state index >= 15 is 0 Å². The fourth-order valence-corrected chi connectivity index (χ4v) is 7.38. The van der Waals surface area contributed by atoms with Crippen molar-refractivity contribution in [2.75, 3.05) is 41.8 Å². The topological polar surface area (TPSA) is 148 Å². The van der Waals surface area contributed by atoms with E-state index in [0.717, 1.165) is 0 Å². The minimum absolute atomic E-state index is 0.00684. The molecule has 0 saturated carbocycles. The predicted octanol–water partition coefficient (Wildman–Crippen LogP) is 0.831. The molecule has 0 aliphatic carbocycles. The van der Waals surface area contributed by atoms with Crippen molar-refractivity contribution in [3.8, 4) is 0 Å². The maximum Gasteiger partial charge on any atom is 0.414 e. The zero-order valence-corrected chi connectivity index (χ0v) is 19.1. The Bertz CT molecular complexity index is 1170. The molecule has 1 unspecified atom stereocenters. The van der Waals surface area contributed by atoms with E-state index < -0.39 is 37.8 Å². The van der Waals surface area contributed by atoms with Crippen LogP contribution in [0, 0.1) is 5.82 Å². The third-order valence-corrected chi connectivity index (χ3v) is 9.25. The number of nitrogens with two attached hydrogens (primary N) is 1. The first-order chi connectivity index (χ1) is 15.0. The van der Waals surface area contributed by atoms with Gasteiger partial charge in [0.15, 0.2) is 0 Å². The van der Waals surface area contributed by atoms with Crippen molar-refractivity contribution in [1.82, 2.24) is 5.32 Å². The second-order valence-electron chi connectivity index (χ2n) is 7.49. The zero-order chi connectivity index (χ0) is 23.5. The molecular formula is C19H25FN4O6S2. The van der Waals surface area contributed by atoms with Gasteiger partial charge >= 0.3 is 6.09 Å². The Kier molecular flexibility index (Phi) is 7.20. The summed E-state index contributed by atoms with van der Waals surface area (Å²) in [4.78, 5) is 24.4. The molecule has 1 fully saturated rings. The lowest BCUT2D eigenvalue weighted by molar-refractivity contribution is -0.119. The number of carbonyl (C=O) groups is 2. The number of sulfonamides is 1. The summed E-state index contributed by atoms with van der Waals surface area (Å²) in [5.74, 6) is -1.30. The lowest BCUT2D eigenvalue weighted by Gasteiger charge is -2.19. The van der Waals surface area contributed by atoms with E-state index in [4.69, 9.17) is 10.5 Å². The number of anilines is 1. The molecule has 1 saturated heterocycles. The van der Waals surface area contributed by atoms with E-state index in [2.05, 4.69) is 9.08 Å². The van der Waals surface area contributed by atoms with Crippen molar-refractivity contribution in [3.63, 3.8) is 0 Å².